The number of hydrogen-bond donors (Lipinski definition) is 0. The first kappa shape index (κ1) is 10.4. The Morgan fingerprint density at radius 1 is 1.36 bits per heavy atom. The van der Waals surface area contributed by atoms with Crippen molar-refractivity contribution < 1.29 is 4.79 Å². The molecule has 0 fully saturated rings. The maximum Gasteiger partial charge on any atom is 0.136 e. The third-order valence-electron chi connectivity index (χ3n) is 1.82. The van der Waals surface area contributed by atoms with Crippen molar-refractivity contribution in [3.05, 3.63) is 11.6 Å². The quantitative estimate of drug-likeness (QED) is 0.556. The van der Waals surface area contributed by atoms with Crippen molar-refractivity contribution in [2.75, 3.05) is 0 Å². The number of ketones is 1. The third kappa shape index (κ3) is 4.77. The van der Waals surface area contributed by atoms with Gasteiger partial charge in [-0.05, 0) is 19.8 Å². The summed E-state index contributed by atoms with van der Waals surface area (Å²) in [6, 6.07) is 0. The van der Waals surface area contributed by atoms with E-state index in [0.29, 0.717) is 12.2 Å². The van der Waals surface area contributed by atoms with Crippen molar-refractivity contribution in [3.8, 4) is 0 Å². The van der Waals surface area contributed by atoms with Crippen LogP contribution in [-0.2, 0) is 4.79 Å². The van der Waals surface area contributed by atoms with Crippen molar-refractivity contribution in [1.29, 1.82) is 0 Å². The van der Waals surface area contributed by atoms with Gasteiger partial charge in [-0.25, -0.2) is 0 Å². The van der Waals surface area contributed by atoms with E-state index in [2.05, 4.69) is 6.92 Å². The molecule has 0 rings (SSSR count). The van der Waals surface area contributed by atoms with Crippen LogP contribution < -0.4 is 0 Å². The second-order valence-electron chi connectivity index (χ2n) is 2.77. The van der Waals surface area contributed by atoms with E-state index >= 15 is 0 Å². The lowest BCUT2D eigenvalue weighted by Crippen LogP contribution is -1.98. The molecule has 0 aliphatic carbocycles. The van der Waals surface area contributed by atoms with Gasteiger partial charge in [-0.2, -0.15) is 0 Å². The molecule has 0 atom stereocenters. The van der Waals surface area contributed by atoms with Gasteiger partial charge in [0, 0.05) is 12.8 Å². The van der Waals surface area contributed by atoms with Crippen LogP contribution >= 0.6 is 0 Å². The SMILES string of the molecule is C/C=C(\CC)CC(=O)CCC. The topological polar surface area (TPSA) is 17.1 Å². The van der Waals surface area contributed by atoms with Gasteiger partial charge in [0.1, 0.15) is 5.78 Å². The summed E-state index contributed by atoms with van der Waals surface area (Å²) >= 11 is 0. The molecule has 0 amide bonds. The van der Waals surface area contributed by atoms with Gasteiger partial charge in [0.15, 0.2) is 0 Å². The van der Waals surface area contributed by atoms with Gasteiger partial charge >= 0.3 is 0 Å². The molecule has 0 aromatic heterocycles. The molecule has 0 aliphatic rings. The Bertz CT molecular complexity index is 145. The van der Waals surface area contributed by atoms with Crippen LogP contribution in [0.3, 0.4) is 0 Å². The fourth-order valence-corrected chi connectivity index (χ4v) is 1.05. The maximum absolute atomic E-state index is 11.1. The lowest BCUT2D eigenvalue weighted by atomic mass is 10.0. The molecule has 0 aromatic rings. The first-order chi connectivity index (χ1) is 5.24. The van der Waals surface area contributed by atoms with Crippen LogP contribution in [0.4, 0.5) is 0 Å². The highest BCUT2D eigenvalue weighted by Gasteiger charge is 2.01. The van der Waals surface area contributed by atoms with Gasteiger partial charge in [0.25, 0.3) is 0 Å². The van der Waals surface area contributed by atoms with E-state index in [4.69, 9.17) is 0 Å². The Kier molecular flexibility index (Phi) is 5.81. The van der Waals surface area contributed by atoms with Crippen LogP contribution in [0, 0.1) is 0 Å². The zero-order valence-corrected chi connectivity index (χ0v) is 7.81. The molecule has 0 aliphatic heterocycles. The summed E-state index contributed by atoms with van der Waals surface area (Å²) in [5.74, 6) is 0.377. The smallest absolute Gasteiger partial charge is 0.136 e. The predicted molar refractivity (Wildman–Crippen MR) is 48.6 cm³/mol. The van der Waals surface area contributed by atoms with Gasteiger partial charge in [-0.15, -0.1) is 0 Å². The van der Waals surface area contributed by atoms with Gasteiger partial charge in [0.2, 0.25) is 0 Å². The Labute approximate surface area is 69.5 Å². The van der Waals surface area contributed by atoms with E-state index in [0.717, 1.165) is 19.3 Å². The molecule has 64 valence electrons. The van der Waals surface area contributed by atoms with Crippen molar-refractivity contribution in [3.63, 3.8) is 0 Å². The molecule has 11 heavy (non-hydrogen) atoms. The number of Topliss-reactive ketones (excluding diaryl/α,β-unsaturated/α-hetero) is 1. The highest BCUT2D eigenvalue weighted by Crippen LogP contribution is 2.08. The summed E-state index contributed by atoms with van der Waals surface area (Å²) in [7, 11) is 0. The minimum atomic E-state index is 0.377. The van der Waals surface area contributed by atoms with Crippen LogP contribution in [0.25, 0.3) is 0 Å². The zero-order chi connectivity index (χ0) is 8.69. The Hall–Kier alpha value is -0.590. The number of carbonyl (C=O) groups excluding carboxylic acids is 1. The summed E-state index contributed by atoms with van der Waals surface area (Å²) in [6.45, 7) is 6.13. The van der Waals surface area contributed by atoms with Gasteiger partial charge in [-0.1, -0.05) is 25.5 Å². The molecule has 0 unspecified atom stereocenters. The van der Waals surface area contributed by atoms with Crippen LogP contribution in [0.5, 0.6) is 0 Å². The third-order valence-corrected chi connectivity index (χ3v) is 1.82. The molecular formula is C10H18O. The lowest BCUT2D eigenvalue weighted by Gasteiger charge is -2.00. The van der Waals surface area contributed by atoms with E-state index in [1.165, 1.54) is 5.57 Å². The Morgan fingerprint density at radius 2 is 2.00 bits per heavy atom. The van der Waals surface area contributed by atoms with E-state index in [1.54, 1.807) is 0 Å². The molecule has 0 N–H and O–H groups in total. The molecule has 0 saturated heterocycles. The van der Waals surface area contributed by atoms with E-state index in [9.17, 15) is 4.79 Å². The van der Waals surface area contributed by atoms with Crippen LogP contribution in [-0.4, -0.2) is 5.78 Å². The average molecular weight is 154 g/mol. The lowest BCUT2D eigenvalue weighted by molar-refractivity contribution is -0.118. The monoisotopic (exact) mass is 154 g/mol. The molecule has 1 heteroatoms. The normalized spacial score (nSPS) is 11.7. The minimum absolute atomic E-state index is 0.377. The number of rotatable bonds is 5. The first-order valence-electron chi connectivity index (χ1n) is 4.40. The molecule has 0 radical (unpaired) electrons. The molecule has 1 nitrogen and oxygen atoms in total. The summed E-state index contributed by atoms with van der Waals surface area (Å²) in [6.07, 6.45) is 5.43. The minimum Gasteiger partial charge on any atom is -0.299 e. The fraction of sp³-hybridized carbons (Fsp3) is 0.700. The van der Waals surface area contributed by atoms with Crippen LogP contribution in [0.1, 0.15) is 46.5 Å². The number of hydrogen-bond acceptors (Lipinski definition) is 1. The van der Waals surface area contributed by atoms with Crippen molar-refractivity contribution in [1.82, 2.24) is 0 Å². The highest BCUT2D eigenvalue weighted by molar-refractivity contribution is 5.80. The number of allylic oxidation sites excluding steroid dienone is 2. The van der Waals surface area contributed by atoms with Gasteiger partial charge < -0.3 is 0 Å². The summed E-state index contributed by atoms with van der Waals surface area (Å²) in [5.41, 5.74) is 1.27. The largest absolute Gasteiger partial charge is 0.299 e. The highest BCUT2D eigenvalue weighted by atomic mass is 16.1. The fourth-order valence-electron chi connectivity index (χ4n) is 1.05. The van der Waals surface area contributed by atoms with E-state index in [1.807, 2.05) is 19.9 Å². The summed E-state index contributed by atoms with van der Waals surface area (Å²) in [5, 5.41) is 0. The van der Waals surface area contributed by atoms with Crippen molar-refractivity contribution >= 4 is 5.78 Å². The summed E-state index contributed by atoms with van der Waals surface area (Å²) < 4.78 is 0. The van der Waals surface area contributed by atoms with Crippen LogP contribution in [0.2, 0.25) is 0 Å². The molecular weight excluding hydrogens is 136 g/mol. The van der Waals surface area contributed by atoms with E-state index in [-0.39, 0.29) is 0 Å². The molecule has 0 saturated carbocycles. The number of carbonyl (C=O) groups is 1. The van der Waals surface area contributed by atoms with Crippen molar-refractivity contribution in [2.24, 2.45) is 0 Å². The van der Waals surface area contributed by atoms with Gasteiger partial charge in [-0.3, -0.25) is 4.79 Å². The van der Waals surface area contributed by atoms with E-state index < -0.39 is 0 Å². The molecule has 0 aromatic carbocycles. The Balaban J connectivity index is 3.73. The second-order valence-corrected chi connectivity index (χ2v) is 2.77. The summed E-state index contributed by atoms with van der Waals surface area (Å²) in [4.78, 5) is 11.1. The maximum atomic E-state index is 11.1. The average Bonchev–Trinajstić information content (AvgIpc) is 2.01. The standard InChI is InChI=1S/C10H18O/c1-4-7-10(11)8-9(5-2)6-3/h5H,4,6-8H2,1-3H3/b9-5+. The second kappa shape index (κ2) is 6.14. The Morgan fingerprint density at radius 3 is 2.36 bits per heavy atom. The predicted octanol–water partition coefficient (Wildman–Crippen LogP) is 3.10. The molecule has 0 heterocycles. The zero-order valence-electron chi connectivity index (χ0n) is 7.81. The first-order valence-corrected chi connectivity index (χ1v) is 4.40. The van der Waals surface area contributed by atoms with Crippen LogP contribution in [0.15, 0.2) is 11.6 Å². The molecule has 0 spiro atoms. The molecule has 0 bridgehead atoms. The van der Waals surface area contributed by atoms with Gasteiger partial charge in [0.05, 0.1) is 0 Å². The van der Waals surface area contributed by atoms with Crippen molar-refractivity contribution in [2.45, 2.75) is 46.5 Å².